The Labute approximate surface area is 124 Å². The quantitative estimate of drug-likeness (QED) is 0.683. The van der Waals surface area contributed by atoms with E-state index < -0.39 is 4.92 Å². The van der Waals surface area contributed by atoms with Gasteiger partial charge in [-0.25, -0.2) is 0 Å². The zero-order valence-corrected chi connectivity index (χ0v) is 12.2. The Morgan fingerprint density at radius 3 is 2.57 bits per heavy atom. The average molecular weight is 291 g/mol. The van der Waals surface area contributed by atoms with Crippen molar-refractivity contribution in [2.75, 3.05) is 18.4 Å². The number of nitrogens with one attached hydrogen (secondary N) is 1. The number of carbonyl (C=O) groups is 1. The number of nitro groups is 1. The maximum Gasteiger partial charge on any atom is 0.271 e. The van der Waals surface area contributed by atoms with Crippen LogP contribution in [0.2, 0.25) is 0 Å². The summed E-state index contributed by atoms with van der Waals surface area (Å²) in [6.07, 6.45) is 4.46. The molecular weight excluding hydrogens is 270 g/mol. The molecule has 1 aromatic rings. The number of non-ortho nitro benzene ring substituents is 1. The topological polar surface area (TPSA) is 75.5 Å². The highest BCUT2D eigenvalue weighted by Gasteiger charge is 2.21. The SMILES string of the molecule is C[C@@H](Nc1cccc([N+](=O)[O-])c1)C(=O)N1CCCCCC1. The highest BCUT2D eigenvalue weighted by atomic mass is 16.6. The van der Waals surface area contributed by atoms with E-state index in [0.29, 0.717) is 5.69 Å². The van der Waals surface area contributed by atoms with Crippen molar-refractivity contribution in [3.8, 4) is 0 Å². The van der Waals surface area contributed by atoms with Gasteiger partial charge in [0, 0.05) is 30.9 Å². The first-order valence-corrected chi connectivity index (χ1v) is 7.38. The number of likely N-dealkylation sites (tertiary alicyclic amines) is 1. The second-order valence-corrected chi connectivity index (χ2v) is 5.41. The van der Waals surface area contributed by atoms with Gasteiger partial charge in [-0.2, -0.15) is 0 Å². The van der Waals surface area contributed by atoms with Crippen molar-refractivity contribution >= 4 is 17.3 Å². The summed E-state index contributed by atoms with van der Waals surface area (Å²) in [4.78, 5) is 24.6. The van der Waals surface area contributed by atoms with Gasteiger partial charge in [-0.05, 0) is 25.8 Å². The third-order valence-corrected chi connectivity index (χ3v) is 3.73. The van der Waals surface area contributed by atoms with Gasteiger partial charge >= 0.3 is 0 Å². The molecule has 0 aromatic heterocycles. The number of hydrogen-bond donors (Lipinski definition) is 1. The molecule has 0 spiro atoms. The van der Waals surface area contributed by atoms with Crippen LogP contribution >= 0.6 is 0 Å². The molecule has 1 aliphatic rings. The number of nitro benzene ring substituents is 1. The molecule has 1 saturated heterocycles. The highest BCUT2D eigenvalue weighted by molar-refractivity contribution is 5.84. The monoisotopic (exact) mass is 291 g/mol. The van der Waals surface area contributed by atoms with Crippen LogP contribution in [0.3, 0.4) is 0 Å². The van der Waals surface area contributed by atoms with E-state index in [-0.39, 0.29) is 17.6 Å². The van der Waals surface area contributed by atoms with Crippen LogP contribution in [0.4, 0.5) is 11.4 Å². The number of rotatable bonds is 4. The fraction of sp³-hybridized carbons (Fsp3) is 0.533. The average Bonchev–Trinajstić information content (AvgIpc) is 2.75. The zero-order valence-electron chi connectivity index (χ0n) is 12.2. The summed E-state index contributed by atoms with van der Waals surface area (Å²) in [5, 5.41) is 13.8. The predicted molar refractivity (Wildman–Crippen MR) is 81.2 cm³/mol. The van der Waals surface area contributed by atoms with Crippen molar-refractivity contribution < 1.29 is 9.72 Å². The lowest BCUT2D eigenvalue weighted by molar-refractivity contribution is -0.384. The lowest BCUT2D eigenvalue weighted by Crippen LogP contribution is -2.41. The van der Waals surface area contributed by atoms with Gasteiger partial charge in [0.05, 0.1) is 4.92 Å². The van der Waals surface area contributed by atoms with E-state index in [0.717, 1.165) is 25.9 Å². The van der Waals surface area contributed by atoms with Crippen LogP contribution in [-0.2, 0) is 4.79 Å². The summed E-state index contributed by atoms with van der Waals surface area (Å²) in [5.74, 6) is 0.0587. The Bertz CT molecular complexity index is 511. The normalized spacial score (nSPS) is 16.9. The minimum Gasteiger partial charge on any atom is -0.374 e. The van der Waals surface area contributed by atoms with E-state index in [1.807, 2.05) is 4.90 Å². The smallest absolute Gasteiger partial charge is 0.271 e. The number of nitrogens with zero attached hydrogens (tertiary/aromatic N) is 2. The molecule has 1 amide bonds. The molecule has 1 heterocycles. The van der Waals surface area contributed by atoms with Gasteiger partial charge in [0.25, 0.3) is 5.69 Å². The Balaban J connectivity index is 1.99. The minimum absolute atomic E-state index is 0.0226. The first-order chi connectivity index (χ1) is 10.1. The van der Waals surface area contributed by atoms with E-state index in [9.17, 15) is 14.9 Å². The van der Waals surface area contributed by atoms with Crippen molar-refractivity contribution in [2.45, 2.75) is 38.6 Å². The second-order valence-electron chi connectivity index (χ2n) is 5.41. The largest absolute Gasteiger partial charge is 0.374 e. The Morgan fingerprint density at radius 2 is 1.95 bits per heavy atom. The van der Waals surface area contributed by atoms with Crippen molar-refractivity contribution in [1.82, 2.24) is 4.90 Å². The summed E-state index contributed by atoms with van der Waals surface area (Å²) in [5.41, 5.74) is 0.620. The number of hydrogen-bond acceptors (Lipinski definition) is 4. The third kappa shape index (κ3) is 4.18. The molecule has 0 radical (unpaired) electrons. The predicted octanol–water partition coefficient (Wildman–Crippen LogP) is 2.80. The third-order valence-electron chi connectivity index (χ3n) is 3.73. The zero-order chi connectivity index (χ0) is 15.2. The van der Waals surface area contributed by atoms with Crippen LogP contribution in [0.5, 0.6) is 0 Å². The number of amides is 1. The van der Waals surface area contributed by atoms with Gasteiger partial charge in [0.2, 0.25) is 5.91 Å². The molecule has 2 rings (SSSR count). The molecule has 6 nitrogen and oxygen atoms in total. The molecule has 0 aliphatic carbocycles. The van der Waals surface area contributed by atoms with Crippen LogP contribution in [0.1, 0.15) is 32.6 Å². The summed E-state index contributed by atoms with van der Waals surface area (Å²) >= 11 is 0. The lowest BCUT2D eigenvalue weighted by atomic mass is 10.2. The van der Waals surface area contributed by atoms with Crippen LogP contribution in [0, 0.1) is 10.1 Å². The van der Waals surface area contributed by atoms with Crippen LogP contribution < -0.4 is 5.32 Å². The van der Waals surface area contributed by atoms with Crippen LogP contribution in [0.25, 0.3) is 0 Å². The number of anilines is 1. The highest BCUT2D eigenvalue weighted by Crippen LogP contribution is 2.18. The maximum atomic E-state index is 12.4. The molecule has 1 fully saturated rings. The fourth-order valence-corrected chi connectivity index (χ4v) is 2.59. The molecule has 21 heavy (non-hydrogen) atoms. The minimum atomic E-state index is -0.438. The lowest BCUT2D eigenvalue weighted by Gasteiger charge is -2.25. The van der Waals surface area contributed by atoms with Crippen molar-refractivity contribution in [2.24, 2.45) is 0 Å². The Kier molecular flexibility index (Phi) is 5.14. The standard InChI is InChI=1S/C15H21N3O3/c1-12(15(19)17-9-4-2-3-5-10-17)16-13-7-6-8-14(11-13)18(20)21/h6-8,11-12,16H,2-5,9-10H2,1H3/t12-/m1/s1. The van der Waals surface area contributed by atoms with Gasteiger partial charge in [-0.3, -0.25) is 14.9 Å². The van der Waals surface area contributed by atoms with Crippen molar-refractivity contribution in [3.63, 3.8) is 0 Å². The molecule has 1 aliphatic heterocycles. The second kappa shape index (κ2) is 7.06. The van der Waals surface area contributed by atoms with Gasteiger partial charge in [-0.1, -0.05) is 18.9 Å². The molecule has 0 unspecified atom stereocenters. The molecule has 114 valence electrons. The van der Waals surface area contributed by atoms with Gasteiger partial charge in [0.15, 0.2) is 0 Å². The Hall–Kier alpha value is -2.11. The first-order valence-electron chi connectivity index (χ1n) is 7.38. The Morgan fingerprint density at radius 1 is 1.29 bits per heavy atom. The molecule has 1 atom stereocenters. The molecule has 0 saturated carbocycles. The van der Waals surface area contributed by atoms with Gasteiger partial charge in [0.1, 0.15) is 6.04 Å². The van der Waals surface area contributed by atoms with E-state index in [1.165, 1.54) is 25.0 Å². The molecule has 0 bridgehead atoms. The van der Waals surface area contributed by atoms with Crippen molar-refractivity contribution in [1.29, 1.82) is 0 Å². The van der Waals surface area contributed by atoms with Crippen LogP contribution in [0.15, 0.2) is 24.3 Å². The maximum absolute atomic E-state index is 12.4. The summed E-state index contributed by atoms with van der Waals surface area (Å²) in [6, 6.07) is 5.85. The molecular formula is C15H21N3O3. The molecule has 1 aromatic carbocycles. The van der Waals surface area contributed by atoms with Gasteiger partial charge < -0.3 is 10.2 Å². The van der Waals surface area contributed by atoms with Crippen molar-refractivity contribution in [3.05, 3.63) is 34.4 Å². The first kappa shape index (κ1) is 15.3. The van der Waals surface area contributed by atoms with E-state index >= 15 is 0 Å². The summed E-state index contributed by atoms with van der Waals surface area (Å²) in [6.45, 7) is 3.41. The molecule has 6 heteroatoms. The molecule has 1 N–H and O–H groups in total. The van der Waals surface area contributed by atoms with E-state index in [4.69, 9.17) is 0 Å². The van der Waals surface area contributed by atoms with E-state index in [2.05, 4.69) is 5.32 Å². The summed E-state index contributed by atoms with van der Waals surface area (Å²) in [7, 11) is 0. The van der Waals surface area contributed by atoms with Crippen LogP contribution in [-0.4, -0.2) is 34.9 Å². The van der Waals surface area contributed by atoms with E-state index in [1.54, 1.807) is 19.1 Å². The van der Waals surface area contributed by atoms with Gasteiger partial charge in [-0.15, -0.1) is 0 Å². The fourth-order valence-electron chi connectivity index (χ4n) is 2.59. The number of benzene rings is 1. The summed E-state index contributed by atoms with van der Waals surface area (Å²) < 4.78 is 0. The number of carbonyl (C=O) groups excluding carboxylic acids is 1.